The summed E-state index contributed by atoms with van der Waals surface area (Å²) in [7, 11) is 0. The maximum Gasteiger partial charge on any atom is 0.151 e. The van der Waals surface area contributed by atoms with E-state index in [9.17, 15) is 8.78 Å². The minimum absolute atomic E-state index is 0.0908. The Hall–Kier alpha value is -1.37. The van der Waals surface area contributed by atoms with Crippen LogP contribution >= 0.6 is 22.6 Å². The van der Waals surface area contributed by atoms with Gasteiger partial charge >= 0.3 is 0 Å². The van der Waals surface area contributed by atoms with Gasteiger partial charge in [0.05, 0.1) is 11.4 Å². The Morgan fingerprint density at radius 2 is 1.89 bits per heavy atom. The van der Waals surface area contributed by atoms with Crippen LogP contribution in [0.3, 0.4) is 0 Å². The molecule has 0 saturated heterocycles. The van der Waals surface area contributed by atoms with Crippen LogP contribution in [0.2, 0.25) is 0 Å². The van der Waals surface area contributed by atoms with Crippen molar-refractivity contribution < 1.29 is 8.78 Å². The van der Waals surface area contributed by atoms with Crippen molar-refractivity contribution in [2.45, 2.75) is 6.92 Å². The van der Waals surface area contributed by atoms with Gasteiger partial charge in [-0.05, 0) is 53.3 Å². The standard InChI is InChI=1S/C13H11F2IN2/c1-7-2-3-9(6-11(7)16)18-12-5-8(14)4-10(15)13(12)17/h2-6,18H,17H2,1H3. The van der Waals surface area contributed by atoms with Crippen LogP contribution in [0.15, 0.2) is 30.3 Å². The second-order valence-corrected chi connectivity index (χ2v) is 5.10. The second-order valence-electron chi connectivity index (χ2n) is 3.94. The van der Waals surface area contributed by atoms with Gasteiger partial charge in [-0.25, -0.2) is 8.78 Å². The van der Waals surface area contributed by atoms with Crippen molar-refractivity contribution in [3.63, 3.8) is 0 Å². The number of aryl methyl sites for hydroxylation is 1. The summed E-state index contributed by atoms with van der Waals surface area (Å²) in [6, 6.07) is 7.58. The molecule has 3 N–H and O–H groups in total. The average Bonchev–Trinajstić information content (AvgIpc) is 2.30. The van der Waals surface area contributed by atoms with Gasteiger partial charge in [-0.2, -0.15) is 0 Å². The van der Waals surface area contributed by atoms with E-state index in [1.165, 1.54) is 6.07 Å². The third-order valence-electron chi connectivity index (χ3n) is 2.55. The first-order valence-electron chi connectivity index (χ1n) is 5.25. The Bertz CT molecular complexity index is 600. The molecule has 0 heterocycles. The zero-order valence-electron chi connectivity index (χ0n) is 9.60. The molecule has 0 aromatic heterocycles. The van der Waals surface area contributed by atoms with Crippen LogP contribution in [0, 0.1) is 22.1 Å². The van der Waals surface area contributed by atoms with Crippen LogP contribution in [0.25, 0.3) is 0 Å². The number of anilines is 3. The first-order chi connectivity index (χ1) is 8.47. The summed E-state index contributed by atoms with van der Waals surface area (Å²) in [6.07, 6.45) is 0. The molecule has 2 nitrogen and oxygen atoms in total. The number of hydrogen-bond acceptors (Lipinski definition) is 2. The highest BCUT2D eigenvalue weighted by molar-refractivity contribution is 14.1. The lowest BCUT2D eigenvalue weighted by Crippen LogP contribution is -2.00. The molecule has 2 rings (SSSR count). The fourth-order valence-electron chi connectivity index (χ4n) is 1.51. The number of rotatable bonds is 2. The monoisotopic (exact) mass is 360 g/mol. The predicted molar refractivity (Wildman–Crippen MR) is 77.9 cm³/mol. The molecule has 2 aromatic carbocycles. The first kappa shape index (κ1) is 13.1. The van der Waals surface area contributed by atoms with Gasteiger partial charge in [0, 0.05) is 15.3 Å². The van der Waals surface area contributed by atoms with E-state index in [1.807, 2.05) is 25.1 Å². The SMILES string of the molecule is Cc1ccc(Nc2cc(F)cc(F)c2N)cc1I. The van der Waals surface area contributed by atoms with E-state index in [2.05, 4.69) is 27.9 Å². The molecule has 0 amide bonds. The van der Waals surface area contributed by atoms with Crippen LogP contribution in [0.4, 0.5) is 25.8 Å². The molecule has 5 heteroatoms. The van der Waals surface area contributed by atoms with Crippen molar-refractivity contribution in [1.82, 2.24) is 0 Å². The fourth-order valence-corrected chi connectivity index (χ4v) is 2.03. The minimum Gasteiger partial charge on any atom is -0.395 e. The molecule has 0 atom stereocenters. The van der Waals surface area contributed by atoms with Gasteiger partial charge in [-0.3, -0.25) is 0 Å². The second kappa shape index (κ2) is 5.09. The van der Waals surface area contributed by atoms with E-state index in [0.29, 0.717) is 0 Å². The number of hydrogen-bond donors (Lipinski definition) is 2. The smallest absolute Gasteiger partial charge is 0.151 e. The lowest BCUT2D eigenvalue weighted by atomic mass is 10.2. The average molecular weight is 360 g/mol. The maximum absolute atomic E-state index is 13.3. The lowest BCUT2D eigenvalue weighted by molar-refractivity contribution is 0.587. The highest BCUT2D eigenvalue weighted by atomic mass is 127. The summed E-state index contributed by atoms with van der Waals surface area (Å²) in [5, 5.41) is 2.91. The lowest BCUT2D eigenvalue weighted by Gasteiger charge is -2.11. The Balaban J connectivity index is 2.36. The van der Waals surface area contributed by atoms with Crippen molar-refractivity contribution in [3.05, 3.63) is 51.1 Å². The molecule has 18 heavy (non-hydrogen) atoms. The van der Waals surface area contributed by atoms with Gasteiger partial charge < -0.3 is 11.1 Å². The van der Waals surface area contributed by atoms with E-state index in [-0.39, 0.29) is 11.4 Å². The predicted octanol–water partition coefficient (Wildman–Crippen LogP) is 4.20. The summed E-state index contributed by atoms with van der Waals surface area (Å²) < 4.78 is 27.5. The molecule has 2 aromatic rings. The molecule has 0 aliphatic heterocycles. The van der Waals surface area contributed by atoms with Crippen LogP contribution in [0.5, 0.6) is 0 Å². The summed E-state index contributed by atoms with van der Waals surface area (Å²) in [4.78, 5) is 0. The Morgan fingerprint density at radius 1 is 1.17 bits per heavy atom. The van der Waals surface area contributed by atoms with Crippen molar-refractivity contribution in [3.8, 4) is 0 Å². The van der Waals surface area contributed by atoms with E-state index in [4.69, 9.17) is 5.73 Å². The summed E-state index contributed by atoms with van der Waals surface area (Å²) in [6.45, 7) is 1.99. The zero-order chi connectivity index (χ0) is 13.3. The number of nitrogens with one attached hydrogen (secondary N) is 1. The minimum atomic E-state index is -0.765. The van der Waals surface area contributed by atoms with Crippen LogP contribution in [-0.4, -0.2) is 0 Å². The molecule has 0 aliphatic carbocycles. The van der Waals surface area contributed by atoms with E-state index >= 15 is 0 Å². The maximum atomic E-state index is 13.3. The fraction of sp³-hybridized carbons (Fsp3) is 0.0769. The van der Waals surface area contributed by atoms with E-state index in [1.54, 1.807) is 0 Å². The molecule has 0 radical (unpaired) electrons. The van der Waals surface area contributed by atoms with Crippen LogP contribution < -0.4 is 11.1 Å². The Kier molecular flexibility index (Phi) is 3.70. The molecule has 0 saturated carbocycles. The van der Waals surface area contributed by atoms with E-state index in [0.717, 1.165) is 20.9 Å². The third-order valence-corrected chi connectivity index (χ3v) is 3.71. The Labute approximate surface area is 117 Å². The highest BCUT2D eigenvalue weighted by Gasteiger charge is 2.08. The molecule has 0 fully saturated rings. The molecule has 0 unspecified atom stereocenters. The summed E-state index contributed by atoms with van der Waals surface area (Å²) in [5.41, 5.74) is 7.58. The van der Waals surface area contributed by atoms with Gasteiger partial charge in [-0.15, -0.1) is 0 Å². The quantitative estimate of drug-likeness (QED) is 0.622. The van der Waals surface area contributed by atoms with Gasteiger partial charge in [0.1, 0.15) is 5.82 Å². The molecule has 0 bridgehead atoms. The van der Waals surface area contributed by atoms with Crippen LogP contribution in [0.1, 0.15) is 5.56 Å². The van der Waals surface area contributed by atoms with Gasteiger partial charge in [0.25, 0.3) is 0 Å². The topological polar surface area (TPSA) is 38.0 Å². The first-order valence-corrected chi connectivity index (χ1v) is 6.33. The summed E-state index contributed by atoms with van der Waals surface area (Å²) >= 11 is 2.20. The Morgan fingerprint density at radius 3 is 2.56 bits per heavy atom. The third kappa shape index (κ3) is 2.72. The van der Waals surface area contributed by atoms with E-state index < -0.39 is 11.6 Å². The van der Waals surface area contributed by atoms with Gasteiger partial charge in [-0.1, -0.05) is 6.07 Å². The van der Waals surface area contributed by atoms with Crippen molar-refractivity contribution in [1.29, 1.82) is 0 Å². The van der Waals surface area contributed by atoms with Gasteiger partial charge in [0.15, 0.2) is 5.82 Å². The highest BCUT2D eigenvalue weighted by Crippen LogP contribution is 2.28. The molecule has 0 spiro atoms. The molecular weight excluding hydrogens is 349 g/mol. The van der Waals surface area contributed by atoms with Gasteiger partial charge in [0.2, 0.25) is 0 Å². The number of benzene rings is 2. The number of halogens is 3. The van der Waals surface area contributed by atoms with Crippen LogP contribution in [-0.2, 0) is 0 Å². The number of nitrogens with two attached hydrogens (primary N) is 1. The van der Waals surface area contributed by atoms with Crippen molar-refractivity contribution >= 4 is 39.7 Å². The largest absolute Gasteiger partial charge is 0.395 e. The molecule has 0 aliphatic rings. The van der Waals surface area contributed by atoms with Crippen molar-refractivity contribution in [2.75, 3.05) is 11.1 Å². The van der Waals surface area contributed by atoms with Crippen molar-refractivity contribution in [2.24, 2.45) is 0 Å². The molecular formula is C13H11F2IN2. The summed E-state index contributed by atoms with van der Waals surface area (Å²) in [5.74, 6) is -1.43. The normalized spacial score (nSPS) is 10.4. The molecule has 94 valence electrons. The number of nitrogen functional groups attached to an aromatic ring is 1. The zero-order valence-corrected chi connectivity index (χ0v) is 11.8.